The lowest BCUT2D eigenvalue weighted by atomic mass is 10.1. The lowest BCUT2D eigenvalue weighted by Crippen LogP contribution is -2.38. The molecule has 0 bridgehead atoms. The van der Waals surface area contributed by atoms with Gasteiger partial charge in [0.15, 0.2) is 0 Å². The van der Waals surface area contributed by atoms with Gasteiger partial charge < -0.3 is 15.7 Å². The molecule has 0 rings (SSSR count). The summed E-state index contributed by atoms with van der Waals surface area (Å²) in [5.41, 5.74) is 4.88. The number of nitrogens with zero attached hydrogens (tertiary/aromatic N) is 1. The molecule has 0 atom stereocenters. The number of carbonyl (C=O) groups excluding carboxylic acids is 2. The number of nitrogens with two attached hydrogens (primary N) is 1. The van der Waals surface area contributed by atoms with Gasteiger partial charge >= 0.3 is 0 Å². The van der Waals surface area contributed by atoms with Gasteiger partial charge in [-0.3, -0.25) is 9.59 Å². The van der Waals surface area contributed by atoms with E-state index in [9.17, 15) is 9.59 Å². The number of carbonyl (C=O) groups is 2. The number of aliphatic hydroxyl groups is 1. The Morgan fingerprint density at radius 1 is 1.50 bits per heavy atom. The molecule has 0 aromatic rings. The fourth-order valence-electron chi connectivity index (χ4n) is 0.643. The van der Waals surface area contributed by atoms with E-state index in [0.717, 1.165) is 0 Å². The summed E-state index contributed by atoms with van der Waals surface area (Å²) in [5.74, 6) is -1.20. The van der Waals surface area contributed by atoms with E-state index in [1.54, 1.807) is 0 Å². The van der Waals surface area contributed by atoms with Gasteiger partial charge in [-0.1, -0.05) is 0 Å². The quantitative estimate of drug-likeness (QED) is 0.508. The molecule has 69 valence electrons. The van der Waals surface area contributed by atoms with Gasteiger partial charge in [-0.2, -0.15) is 0 Å². The van der Waals surface area contributed by atoms with Gasteiger partial charge in [-0.15, -0.1) is 0 Å². The van der Waals surface area contributed by atoms with Gasteiger partial charge in [0.25, 0.3) is 0 Å². The van der Waals surface area contributed by atoms with Crippen molar-refractivity contribution in [2.75, 3.05) is 20.2 Å². The fourth-order valence-corrected chi connectivity index (χ4v) is 0.643. The maximum Gasteiger partial charge on any atom is 0.239 e. The summed E-state index contributed by atoms with van der Waals surface area (Å²) >= 11 is 0. The summed E-state index contributed by atoms with van der Waals surface area (Å²) in [4.78, 5) is 22.9. The maximum absolute atomic E-state index is 11.2. The number of hydrogen-bond donors (Lipinski definition) is 2. The zero-order valence-electron chi connectivity index (χ0n) is 7.20. The normalized spacial score (nSPS) is 10.0. The van der Waals surface area contributed by atoms with Crippen LogP contribution in [0.3, 0.4) is 0 Å². The monoisotopic (exact) mass is 173 g/mol. The molecular weight excluding hydrogens is 160 g/mol. The van der Waals surface area contributed by atoms with Crippen LogP contribution in [0, 0.1) is 5.92 Å². The Kier molecular flexibility index (Phi) is 4.28. The average Bonchev–Trinajstić information content (AvgIpc) is 2.02. The highest BCUT2D eigenvalue weighted by Gasteiger charge is 2.22. The Morgan fingerprint density at radius 3 is 2.33 bits per heavy atom. The van der Waals surface area contributed by atoms with Gasteiger partial charge in [-0.05, 0) is 6.92 Å². The zero-order chi connectivity index (χ0) is 9.72. The van der Waals surface area contributed by atoms with E-state index < -0.39 is 11.8 Å². The molecule has 0 aliphatic carbocycles. The van der Waals surface area contributed by atoms with Crippen molar-refractivity contribution >= 4 is 11.8 Å². The van der Waals surface area contributed by atoms with Crippen LogP contribution in [0.1, 0.15) is 6.92 Å². The predicted molar refractivity (Wildman–Crippen MR) is 42.8 cm³/mol. The predicted octanol–water partition coefficient (Wildman–Crippen LogP) is -1.48. The van der Waals surface area contributed by atoms with E-state index in [1.165, 1.54) is 18.9 Å². The van der Waals surface area contributed by atoms with E-state index in [4.69, 9.17) is 10.8 Å². The smallest absolute Gasteiger partial charge is 0.239 e. The SMILES string of the molecule is C[C](C(N)=O)C(=O)N(C)CCO. The summed E-state index contributed by atoms with van der Waals surface area (Å²) in [6, 6.07) is 0. The lowest BCUT2D eigenvalue weighted by molar-refractivity contribution is -0.131. The molecule has 1 radical (unpaired) electrons. The molecule has 5 nitrogen and oxygen atoms in total. The first-order valence-corrected chi connectivity index (χ1v) is 3.50. The summed E-state index contributed by atoms with van der Waals surface area (Å²) < 4.78 is 0. The van der Waals surface area contributed by atoms with Crippen LogP contribution < -0.4 is 5.73 Å². The van der Waals surface area contributed by atoms with Gasteiger partial charge in [0.1, 0.15) is 5.92 Å². The van der Waals surface area contributed by atoms with Crippen molar-refractivity contribution in [3.63, 3.8) is 0 Å². The van der Waals surface area contributed by atoms with Crippen LogP contribution in [0.5, 0.6) is 0 Å². The molecule has 0 aromatic heterocycles. The molecule has 0 aromatic carbocycles. The van der Waals surface area contributed by atoms with Crippen LogP contribution in [0.15, 0.2) is 0 Å². The second-order valence-corrected chi connectivity index (χ2v) is 2.44. The van der Waals surface area contributed by atoms with E-state index in [-0.39, 0.29) is 19.1 Å². The number of primary amides is 1. The molecule has 12 heavy (non-hydrogen) atoms. The first-order chi connectivity index (χ1) is 5.50. The number of amides is 2. The average molecular weight is 173 g/mol. The first kappa shape index (κ1) is 10.9. The second-order valence-electron chi connectivity index (χ2n) is 2.44. The van der Waals surface area contributed by atoms with Crippen LogP contribution in [0.4, 0.5) is 0 Å². The number of rotatable bonds is 4. The molecule has 0 saturated carbocycles. The van der Waals surface area contributed by atoms with Crippen molar-refractivity contribution in [2.24, 2.45) is 5.73 Å². The lowest BCUT2D eigenvalue weighted by Gasteiger charge is -2.17. The zero-order valence-corrected chi connectivity index (χ0v) is 7.20. The highest BCUT2D eigenvalue weighted by atomic mass is 16.3. The topological polar surface area (TPSA) is 83.6 Å². The highest BCUT2D eigenvalue weighted by Crippen LogP contribution is 2.01. The first-order valence-electron chi connectivity index (χ1n) is 3.50. The van der Waals surface area contributed by atoms with Crippen molar-refractivity contribution in [2.45, 2.75) is 6.92 Å². The molecule has 5 heteroatoms. The molecular formula is C7H13N2O3. The van der Waals surface area contributed by atoms with E-state index in [1.807, 2.05) is 0 Å². The van der Waals surface area contributed by atoms with Crippen LogP contribution in [0.2, 0.25) is 0 Å². The van der Waals surface area contributed by atoms with Crippen molar-refractivity contribution in [3.05, 3.63) is 5.92 Å². The molecule has 3 N–H and O–H groups in total. The Hall–Kier alpha value is -1.10. The van der Waals surface area contributed by atoms with Crippen LogP contribution in [-0.2, 0) is 9.59 Å². The standard InChI is InChI=1S/C7H13N2O3/c1-5(6(8)11)7(12)9(2)3-4-10/h10H,3-4H2,1-2H3,(H2,8,11). The molecule has 0 heterocycles. The molecule has 0 saturated heterocycles. The Labute approximate surface area is 71.1 Å². The Balaban J connectivity index is 4.09. The van der Waals surface area contributed by atoms with Crippen LogP contribution >= 0.6 is 0 Å². The number of likely N-dealkylation sites (N-methyl/N-ethyl adjacent to an activating group) is 1. The summed E-state index contributed by atoms with van der Waals surface area (Å²) in [7, 11) is 1.49. The van der Waals surface area contributed by atoms with Crippen molar-refractivity contribution in [1.29, 1.82) is 0 Å². The summed E-state index contributed by atoms with van der Waals surface area (Å²) in [5, 5.41) is 8.49. The van der Waals surface area contributed by atoms with Crippen LogP contribution in [0.25, 0.3) is 0 Å². The molecule has 0 spiro atoms. The molecule has 0 aliphatic heterocycles. The van der Waals surface area contributed by atoms with Gasteiger partial charge in [-0.25, -0.2) is 0 Å². The minimum absolute atomic E-state index is 0.0223. The van der Waals surface area contributed by atoms with Crippen molar-refractivity contribution in [3.8, 4) is 0 Å². The Morgan fingerprint density at radius 2 is 2.00 bits per heavy atom. The van der Waals surface area contributed by atoms with E-state index >= 15 is 0 Å². The highest BCUT2D eigenvalue weighted by molar-refractivity contribution is 6.13. The summed E-state index contributed by atoms with van der Waals surface area (Å²) in [6.45, 7) is 1.43. The third kappa shape index (κ3) is 2.87. The minimum Gasteiger partial charge on any atom is -0.395 e. The van der Waals surface area contributed by atoms with Crippen molar-refractivity contribution < 1.29 is 14.7 Å². The van der Waals surface area contributed by atoms with Crippen LogP contribution in [-0.4, -0.2) is 42.0 Å². The third-order valence-electron chi connectivity index (χ3n) is 1.47. The largest absolute Gasteiger partial charge is 0.395 e. The maximum atomic E-state index is 11.2. The van der Waals surface area contributed by atoms with Gasteiger partial charge in [0.05, 0.1) is 6.61 Å². The molecule has 0 fully saturated rings. The number of hydrogen-bond acceptors (Lipinski definition) is 3. The molecule has 0 unspecified atom stereocenters. The molecule has 2 amide bonds. The van der Waals surface area contributed by atoms with Crippen molar-refractivity contribution in [1.82, 2.24) is 4.90 Å². The van der Waals surface area contributed by atoms with E-state index in [0.29, 0.717) is 0 Å². The minimum atomic E-state index is -0.732. The molecule has 0 aliphatic rings. The van der Waals surface area contributed by atoms with E-state index in [2.05, 4.69) is 0 Å². The third-order valence-corrected chi connectivity index (χ3v) is 1.47. The second kappa shape index (κ2) is 4.71. The summed E-state index contributed by atoms with van der Waals surface area (Å²) in [6.07, 6.45) is 0. The van der Waals surface area contributed by atoms with Gasteiger partial charge in [0, 0.05) is 13.6 Å². The Bertz CT molecular complexity index is 181. The fraction of sp³-hybridized carbons (Fsp3) is 0.571. The number of aliphatic hydroxyl groups excluding tert-OH is 1. The van der Waals surface area contributed by atoms with Gasteiger partial charge in [0.2, 0.25) is 11.8 Å².